The van der Waals surface area contributed by atoms with Crippen molar-refractivity contribution in [3.05, 3.63) is 59.3 Å². The number of carbonyl (C=O) groups is 1. The highest BCUT2D eigenvalue weighted by Gasteiger charge is 2.20. The maximum absolute atomic E-state index is 13.6. The lowest BCUT2D eigenvalue weighted by atomic mass is 10.2. The maximum Gasteiger partial charge on any atom is 0.274 e. The molecule has 1 aromatic carbocycles. The number of anilines is 1. The van der Waals surface area contributed by atoms with Crippen LogP contribution >= 0.6 is 0 Å². The number of hydrogen-bond donors (Lipinski definition) is 1. The average molecular weight is 327 g/mol. The van der Waals surface area contributed by atoms with Gasteiger partial charge in [0.15, 0.2) is 0 Å². The summed E-state index contributed by atoms with van der Waals surface area (Å²) in [4.78, 5) is 17.2. The Kier molecular flexibility index (Phi) is 4.20. The SMILES string of the molecule is CCc1nc2ccc(F)cn2c1C(=O)Nc1cc(C)ccc1OC. The first-order chi connectivity index (χ1) is 11.5. The maximum atomic E-state index is 13.6. The van der Waals surface area contributed by atoms with Gasteiger partial charge in [0.05, 0.1) is 18.5 Å². The Hall–Kier alpha value is -2.89. The summed E-state index contributed by atoms with van der Waals surface area (Å²) in [7, 11) is 1.54. The van der Waals surface area contributed by atoms with Gasteiger partial charge in [-0.15, -0.1) is 0 Å². The second-order valence-corrected chi connectivity index (χ2v) is 5.49. The molecule has 0 unspecified atom stereocenters. The van der Waals surface area contributed by atoms with E-state index in [0.29, 0.717) is 34.9 Å². The number of fused-ring (bicyclic) bond motifs is 1. The molecule has 0 aliphatic heterocycles. The first kappa shape index (κ1) is 16.0. The van der Waals surface area contributed by atoms with Crippen molar-refractivity contribution < 1.29 is 13.9 Å². The summed E-state index contributed by atoms with van der Waals surface area (Å²) in [6.45, 7) is 3.83. The molecule has 0 atom stereocenters. The minimum atomic E-state index is -0.426. The molecule has 2 aromatic heterocycles. The van der Waals surface area contributed by atoms with Gasteiger partial charge < -0.3 is 10.1 Å². The number of nitrogens with zero attached hydrogens (tertiary/aromatic N) is 2. The summed E-state index contributed by atoms with van der Waals surface area (Å²) in [5.41, 5.74) is 3.04. The molecule has 0 radical (unpaired) electrons. The van der Waals surface area contributed by atoms with E-state index in [1.54, 1.807) is 19.2 Å². The smallest absolute Gasteiger partial charge is 0.274 e. The van der Waals surface area contributed by atoms with E-state index < -0.39 is 5.82 Å². The molecule has 1 amide bonds. The molecule has 0 spiro atoms. The zero-order valence-corrected chi connectivity index (χ0v) is 13.8. The van der Waals surface area contributed by atoms with Crippen LogP contribution in [0.1, 0.15) is 28.7 Å². The van der Waals surface area contributed by atoms with Crippen LogP contribution in [0.25, 0.3) is 5.65 Å². The lowest BCUT2D eigenvalue weighted by molar-refractivity contribution is 0.102. The van der Waals surface area contributed by atoms with Gasteiger partial charge in [-0.05, 0) is 43.2 Å². The summed E-state index contributed by atoms with van der Waals surface area (Å²) >= 11 is 0. The zero-order valence-electron chi connectivity index (χ0n) is 13.8. The number of benzene rings is 1. The highest BCUT2D eigenvalue weighted by atomic mass is 19.1. The third-order valence-corrected chi connectivity index (χ3v) is 3.81. The van der Waals surface area contributed by atoms with Crippen LogP contribution in [0.5, 0.6) is 5.75 Å². The van der Waals surface area contributed by atoms with Crippen LogP contribution < -0.4 is 10.1 Å². The van der Waals surface area contributed by atoms with E-state index in [0.717, 1.165) is 5.56 Å². The standard InChI is InChI=1S/C18H18FN3O2/c1-4-13-17(22-10-12(19)6-8-16(22)20-13)18(23)21-14-9-11(2)5-7-15(14)24-3/h5-10H,4H2,1-3H3,(H,21,23). The number of aryl methyl sites for hydroxylation is 2. The molecule has 0 fully saturated rings. The molecule has 0 aliphatic carbocycles. The number of methoxy groups -OCH3 is 1. The number of aromatic nitrogens is 2. The first-order valence-electron chi connectivity index (χ1n) is 7.66. The Bertz CT molecular complexity index is 918. The van der Waals surface area contributed by atoms with Crippen molar-refractivity contribution in [3.63, 3.8) is 0 Å². The van der Waals surface area contributed by atoms with E-state index in [1.807, 2.05) is 26.0 Å². The number of halogens is 1. The third kappa shape index (κ3) is 2.82. The van der Waals surface area contributed by atoms with Crippen molar-refractivity contribution in [2.24, 2.45) is 0 Å². The van der Waals surface area contributed by atoms with E-state index >= 15 is 0 Å². The predicted octanol–water partition coefficient (Wildman–Crippen LogP) is 3.61. The van der Waals surface area contributed by atoms with Gasteiger partial charge in [-0.3, -0.25) is 9.20 Å². The third-order valence-electron chi connectivity index (χ3n) is 3.81. The highest BCUT2D eigenvalue weighted by molar-refractivity contribution is 6.05. The van der Waals surface area contributed by atoms with Gasteiger partial charge in [0.2, 0.25) is 0 Å². The fourth-order valence-corrected chi connectivity index (χ4v) is 2.66. The molecule has 124 valence electrons. The molecule has 0 bridgehead atoms. The van der Waals surface area contributed by atoms with Gasteiger partial charge in [-0.25, -0.2) is 9.37 Å². The summed E-state index contributed by atoms with van der Waals surface area (Å²) < 4.78 is 20.4. The van der Waals surface area contributed by atoms with Gasteiger partial charge >= 0.3 is 0 Å². The van der Waals surface area contributed by atoms with Gasteiger partial charge in [-0.1, -0.05) is 13.0 Å². The molecule has 1 N–H and O–H groups in total. The summed E-state index contributed by atoms with van der Waals surface area (Å²) in [5.74, 6) is -0.217. The summed E-state index contributed by atoms with van der Waals surface area (Å²) in [6, 6.07) is 8.40. The van der Waals surface area contributed by atoms with E-state index in [4.69, 9.17) is 4.74 Å². The molecular weight excluding hydrogens is 309 g/mol. The molecular formula is C18H18FN3O2. The van der Waals surface area contributed by atoms with Crippen LogP contribution in [-0.4, -0.2) is 22.4 Å². The fourth-order valence-electron chi connectivity index (χ4n) is 2.66. The van der Waals surface area contributed by atoms with Crippen molar-refractivity contribution in [2.75, 3.05) is 12.4 Å². The van der Waals surface area contributed by atoms with Crippen LogP contribution in [0.15, 0.2) is 36.5 Å². The van der Waals surface area contributed by atoms with Gasteiger partial charge in [0.25, 0.3) is 5.91 Å². The topological polar surface area (TPSA) is 55.6 Å². The van der Waals surface area contributed by atoms with Crippen LogP contribution in [0.2, 0.25) is 0 Å². The van der Waals surface area contributed by atoms with Crippen LogP contribution in [0, 0.1) is 12.7 Å². The summed E-state index contributed by atoms with van der Waals surface area (Å²) in [6.07, 6.45) is 1.83. The molecule has 0 saturated heterocycles. The average Bonchev–Trinajstić information content (AvgIpc) is 2.92. The minimum absolute atomic E-state index is 0.329. The molecule has 3 aromatic rings. The van der Waals surface area contributed by atoms with Crippen LogP contribution in [-0.2, 0) is 6.42 Å². The monoisotopic (exact) mass is 327 g/mol. The van der Waals surface area contributed by atoms with Crippen molar-refractivity contribution in [3.8, 4) is 5.75 Å². The van der Waals surface area contributed by atoms with Crippen LogP contribution in [0.4, 0.5) is 10.1 Å². The largest absolute Gasteiger partial charge is 0.495 e. The number of hydrogen-bond acceptors (Lipinski definition) is 3. The van der Waals surface area contributed by atoms with Gasteiger partial charge in [0, 0.05) is 6.20 Å². The number of carbonyl (C=O) groups excluding carboxylic acids is 1. The molecule has 24 heavy (non-hydrogen) atoms. The van der Waals surface area contributed by atoms with Crippen molar-refractivity contribution in [2.45, 2.75) is 20.3 Å². The summed E-state index contributed by atoms with van der Waals surface area (Å²) in [5, 5.41) is 2.84. The number of imidazole rings is 1. The van der Waals surface area contributed by atoms with E-state index in [9.17, 15) is 9.18 Å². The second-order valence-electron chi connectivity index (χ2n) is 5.49. The Morgan fingerprint density at radius 1 is 1.33 bits per heavy atom. The highest BCUT2D eigenvalue weighted by Crippen LogP contribution is 2.26. The van der Waals surface area contributed by atoms with E-state index in [1.165, 1.54) is 16.7 Å². The molecule has 2 heterocycles. The lowest BCUT2D eigenvalue weighted by Crippen LogP contribution is -2.17. The zero-order chi connectivity index (χ0) is 17.3. The van der Waals surface area contributed by atoms with Crippen molar-refractivity contribution in [1.29, 1.82) is 0 Å². The number of rotatable bonds is 4. The second kappa shape index (κ2) is 6.31. The predicted molar refractivity (Wildman–Crippen MR) is 90.2 cm³/mol. The molecule has 6 heteroatoms. The molecule has 0 saturated carbocycles. The fraction of sp³-hybridized carbons (Fsp3) is 0.222. The number of amides is 1. The molecule has 5 nitrogen and oxygen atoms in total. The number of ether oxygens (including phenoxy) is 1. The van der Waals surface area contributed by atoms with Crippen LogP contribution in [0.3, 0.4) is 0 Å². The van der Waals surface area contributed by atoms with E-state index in [-0.39, 0.29) is 5.91 Å². The van der Waals surface area contributed by atoms with Gasteiger partial charge in [-0.2, -0.15) is 0 Å². The lowest BCUT2D eigenvalue weighted by Gasteiger charge is -2.11. The Morgan fingerprint density at radius 2 is 2.12 bits per heavy atom. The molecule has 3 rings (SSSR count). The number of nitrogens with one attached hydrogen (secondary N) is 1. The quantitative estimate of drug-likeness (QED) is 0.796. The van der Waals surface area contributed by atoms with Crippen molar-refractivity contribution in [1.82, 2.24) is 9.38 Å². The Morgan fingerprint density at radius 3 is 2.83 bits per heavy atom. The minimum Gasteiger partial charge on any atom is -0.495 e. The normalized spacial score (nSPS) is 10.8. The number of pyridine rings is 1. The first-order valence-corrected chi connectivity index (χ1v) is 7.66. The van der Waals surface area contributed by atoms with Crippen molar-refractivity contribution >= 4 is 17.2 Å². The van der Waals surface area contributed by atoms with Gasteiger partial charge in [0.1, 0.15) is 22.9 Å². The Labute approximate surface area is 139 Å². The molecule has 0 aliphatic rings. The van der Waals surface area contributed by atoms with E-state index in [2.05, 4.69) is 10.3 Å². The Balaban J connectivity index is 2.06.